The molecule has 5 N–H and O–H groups in total. The first kappa shape index (κ1) is 15.2. The minimum Gasteiger partial charge on any atom is -0.409 e. The highest BCUT2D eigenvalue weighted by Gasteiger charge is 2.39. The van der Waals surface area contributed by atoms with Crippen LogP contribution < -0.4 is 15.9 Å². The molecule has 1 aromatic heterocycles. The van der Waals surface area contributed by atoms with Crippen LogP contribution in [0.25, 0.3) is 0 Å². The molecule has 0 radical (unpaired) electrons. The Kier molecular flexibility index (Phi) is 5.11. The van der Waals surface area contributed by atoms with E-state index in [2.05, 4.69) is 15.5 Å². The van der Waals surface area contributed by atoms with Crippen molar-refractivity contribution in [1.29, 1.82) is 0 Å². The lowest BCUT2D eigenvalue weighted by Crippen LogP contribution is -2.49. The van der Waals surface area contributed by atoms with Gasteiger partial charge in [0.15, 0.2) is 5.84 Å². The average Bonchev–Trinajstić information content (AvgIpc) is 2.83. The van der Waals surface area contributed by atoms with Gasteiger partial charge in [0, 0.05) is 11.1 Å². The van der Waals surface area contributed by atoms with Gasteiger partial charge in [-0.1, -0.05) is 30.3 Å². The van der Waals surface area contributed by atoms with E-state index in [1.54, 1.807) is 19.2 Å². The van der Waals surface area contributed by atoms with Gasteiger partial charge in [-0.05, 0) is 12.8 Å². The van der Waals surface area contributed by atoms with Crippen LogP contribution in [0.15, 0.2) is 15.3 Å². The summed E-state index contributed by atoms with van der Waals surface area (Å²) in [6, 6.07) is 0. The van der Waals surface area contributed by atoms with E-state index in [0.29, 0.717) is 18.5 Å². The van der Waals surface area contributed by atoms with Gasteiger partial charge in [0.25, 0.3) is 0 Å². The molecule has 1 amide bonds. The average molecular weight is 286 g/mol. The molecule has 0 aliphatic heterocycles. The number of carbonyl (C=O) groups is 1. The molecule has 8 heteroatoms. The Morgan fingerprint density at radius 2 is 2.21 bits per heavy atom. The molecule has 0 unspecified atom stereocenters. The van der Waals surface area contributed by atoms with Gasteiger partial charge in [-0.15, -0.1) is 0 Å². The number of nitrogens with two attached hydrogens (primary N) is 1. The van der Waals surface area contributed by atoms with Crippen LogP contribution in [0.1, 0.15) is 32.4 Å². The first-order valence-corrected chi connectivity index (χ1v) is 6.81. The SMILES string of the molecule is CCC(CC)(C(=O)NCc1csc(=O)[nH]1)C(N)=NO. The van der Waals surface area contributed by atoms with E-state index in [1.807, 2.05) is 0 Å². The number of thiazole rings is 1. The predicted octanol–water partition coefficient (Wildman–Crippen LogP) is 0.605. The van der Waals surface area contributed by atoms with Crippen molar-refractivity contribution >= 4 is 23.1 Å². The minimum atomic E-state index is -1.02. The van der Waals surface area contributed by atoms with E-state index in [0.717, 1.165) is 11.3 Å². The van der Waals surface area contributed by atoms with E-state index >= 15 is 0 Å². The molecule has 0 atom stereocenters. The normalized spacial score (nSPS) is 12.4. The Hall–Kier alpha value is -1.83. The molecule has 0 aromatic carbocycles. The molecule has 0 fully saturated rings. The first-order valence-electron chi connectivity index (χ1n) is 5.93. The van der Waals surface area contributed by atoms with Crippen molar-refractivity contribution in [2.45, 2.75) is 33.2 Å². The van der Waals surface area contributed by atoms with E-state index in [1.165, 1.54) is 0 Å². The third-order valence-corrected chi connectivity index (χ3v) is 3.97. The second kappa shape index (κ2) is 6.37. The van der Waals surface area contributed by atoms with E-state index in [9.17, 15) is 9.59 Å². The van der Waals surface area contributed by atoms with Gasteiger partial charge in [0.2, 0.25) is 5.91 Å². The fraction of sp³-hybridized carbons (Fsp3) is 0.545. The van der Waals surface area contributed by atoms with Gasteiger partial charge in [-0.2, -0.15) is 0 Å². The number of nitrogens with zero attached hydrogens (tertiary/aromatic N) is 1. The summed E-state index contributed by atoms with van der Waals surface area (Å²) in [6.45, 7) is 3.80. The number of amides is 1. The second-order valence-corrected chi connectivity index (χ2v) is 4.97. The maximum atomic E-state index is 12.2. The summed E-state index contributed by atoms with van der Waals surface area (Å²) in [5.41, 5.74) is 5.24. The number of H-pyrrole nitrogens is 1. The number of amidine groups is 1. The highest BCUT2D eigenvalue weighted by molar-refractivity contribution is 7.07. The van der Waals surface area contributed by atoms with Gasteiger partial charge in [-0.25, -0.2) is 0 Å². The summed E-state index contributed by atoms with van der Waals surface area (Å²) in [7, 11) is 0. The number of oxime groups is 1. The summed E-state index contributed by atoms with van der Waals surface area (Å²) in [5.74, 6) is -0.423. The van der Waals surface area contributed by atoms with Gasteiger partial charge < -0.3 is 21.2 Å². The number of rotatable bonds is 6. The number of nitrogens with one attached hydrogen (secondary N) is 2. The Balaban J connectivity index is 2.81. The molecule has 1 heterocycles. The van der Waals surface area contributed by atoms with Crippen molar-refractivity contribution in [1.82, 2.24) is 10.3 Å². The zero-order valence-corrected chi connectivity index (χ0v) is 11.7. The fourth-order valence-corrected chi connectivity index (χ4v) is 2.47. The van der Waals surface area contributed by atoms with E-state index in [4.69, 9.17) is 10.9 Å². The number of carbonyl (C=O) groups excluding carboxylic acids is 1. The third-order valence-electron chi connectivity index (χ3n) is 3.25. The van der Waals surface area contributed by atoms with Gasteiger partial charge in [0.05, 0.1) is 6.54 Å². The van der Waals surface area contributed by atoms with Crippen LogP contribution in [0.4, 0.5) is 0 Å². The van der Waals surface area contributed by atoms with Crippen LogP contribution in [0.5, 0.6) is 0 Å². The summed E-state index contributed by atoms with van der Waals surface area (Å²) >= 11 is 1.04. The molecular formula is C11H18N4O3S. The van der Waals surface area contributed by atoms with Crippen LogP contribution >= 0.6 is 11.3 Å². The van der Waals surface area contributed by atoms with Gasteiger partial charge in [-0.3, -0.25) is 9.59 Å². The van der Waals surface area contributed by atoms with Crippen molar-refractivity contribution in [3.8, 4) is 0 Å². The minimum absolute atomic E-state index is 0.103. The second-order valence-electron chi connectivity index (χ2n) is 4.13. The van der Waals surface area contributed by atoms with Crippen molar-refractivity contribution < 1.29 is 10.0 Å². The maximum Gasteiger partial charge on any atom is 0.304 e. The van der Waals surface area contributed by atoms with Crippen LogP contribution in [-0.4, -0.2) is 21.9 Å². The van der Waals surface area contributed by atoms with Crippen molar-refractivity contribution in [3.63, 3.8) is 0 Å². The standard InChI is InChI=1S/C11H18N4O3S/c1-3-11(4-2,8(12)15-18)9(16)13-5-7-6-19-10(17)14-7/h6,18H,3-5H2,1-2H3,(H2,12,15)(H,13,16)(H,14,17). The topological polar surface area (TPSA) is 121 Å². The molecule has 0 aliphatic rings. The van der Waals surface area contributed by atoms with Crippen molar-refractivity contribution in [2.24, 2.45) is 16.3 Å². The lowest BCUT2D eigenvalue weighted by molar-refractivity contribution is -0.128. The largest absolute Gasteiger partial charge is 0.409 e. The molecule has 19 heavy (non-hydrogen) atoms. The predicted molar refractivity (Wildman–Crippen MR) is 73.2 cm³/mol. The van der Waals surface area contributed by atoms with E-state index < -0.39 is 5.41 Å². The Morgan fingerprint density at radius 1 is 1.58 bits per heavy atom. The monoisotopic (exact) mass is 286 g/mol. The zero-order valence-electron chi connectivity index (χ0n) is 10.9. The number of hydrogen-bond acceptors (Lipinski definition) is 5. The Labute approximate surface area is 114 Å². The summed E-state index contributed by atoms with van der Waals surface area (Å²) in [6.07, 6.45) is 0.844. The van der Waals surface area contributed by atoms with Crippen LogP contribution in [0.3, 0.4) is 0 Å². The van der Waals surface area contributed by atoms with Crippen LogP contribution in [0.2, 0.25) is 0 Å². The molecule has 0 saturated heterocycles. The van der Waals surface area contributed by atoms with Crippen molar-refractivity contribution in [2.75, 3.05) is 0 Å². The first-order chi connectivity index (χ1) is 9.00. The molecule has 106 valence electrons. The third kappa shape index (κ3) is 3.14. The van der Waals surface area contributed by atoms with E-state index in [-0.39, 0.29) is 23.2 Å². The molecule has 0 bridgehead atoms. The Morgan fingerprint density at radius 3 is 2.63 bits per heavy atom. The highest BCUT2D eigenvalue weighted by Crippen LogP contribution is 2.27. The zero-order chi connectivity index (χ0) is 14.5. The molecule has 1 aromatic rings. The quantitative estimate of drug-likeness (QED) is 0.265. The van der Waals surface area contributed by atoms with Crippen LogP contribution in [-0.2, 0) is 11.3 Å². The molecule has 7 nitrogen and oxygen atoms in total. The lowest BCUT2D eigenvalue weighted by atomic mass is 9.80. The Bertz CT molecular complexity index is 516. The van der Waals surface area contributed by atoms with Gasteiger partial charge in [0.1, 0.15) is 5.41 Å². The lowest BCUT2D eigenvalue weighted by Gasteiger charge is -2.28. The highest BCUT2D eigenvalue weighted by atomic mass is 32.1. The maximum absolute atomic E-state index is 12.2. The van der Waals surface area contributed by atoms with Crippen molar-refractivity contribution in [3.05, 3.63) is 20.7 Å². The number of hydrogen-bond donors (Lipinski definition) is 4. The number of aromatic nitrogens is 1. The summed E-state index contributed by atoms with van der Waals surface area (Å²) < 4.78 is 0. The molecule has 0 aliphatic carbocycles. The summed E-state index contributed by atoms with van der Waals surface area (Å²) in [5, 5.41) is 16.1. The number of aromatic amines is 1. The van der Waals surface area contributed by atoms with Crippen LogP contribution in [0, 0.1) is 5.41 Å². The molecule has 0 spiro atoms. The summed E-state index contributed by atoms with van der Waals surface area (Å²) in [4.78, 5) is 25.6. The fourth-order valence-electron chi connectivity index (χ4n) is 1.89. The van der Waals surface area contributed by atoms with Gasteiger partial charge >= 0.3 is 4.87 Å². The molecule has 1 rings (SSSR count). The molecular weight excluding hydrogens is 268 g/mol. The smallest absolute Gasteiger partial charge is 0.304 e. The molecule has 0 saturated carbocycles.